The maximum Gasteiger partial charge on any atom is 0.449 e. The number of halogens is 3. The minimum absolute atomic E-state index is 0.265. The van der Waals surface area contributed by atoms with Crippen LogP contribution in [0.1, 0.15) is 25.6 Å². The van der Waals surface area contributed by atoms with Crippen LogP contribution >= 0.6 is 0 Å². The minimum Gasteiger partial charge on any atom is -0.404 e. The molecule has 0 bridgehead atoms. The number of hydrogen-bond donors (Lipinski definition) is 0. The van der Waals surface area contributed by atoms with Crippen LogP contribution in [0.2, 0.25) is 0 Å². The standard InChI is InChI=1S/C8H8F3NO3/c1-4(2)12-6(13)3-5(8(9,10)11)15-7(12)14/h3-4H,1-2H3. The van der Waals surface area contributed by atoms with Gasteiger partial charge in [-0.15, -0.1) is 0 Å². The average Bonchev–Trinajstić information content (AvgIpc) is 1.99. The molecule has 0 atom stereocenters. The summed E-state index contributed by atoms with van der Waals surface area (Å²) in [5.41, 5.74) is -1.02. The van der Waals surface area contributed by atoms with E-state index in [1.165, 1.54) is 13.8 Å². The quantitative estimate of drug-likeness (QED) is 0.723. The van der Waals surface area contributed by atoms with E-state index >= 15 is 0 Å². The smallest absolute Gasteiger partial charge is 0.404 e. The number of aromatic nitrogens is 1. The summed E-state index contributed by atoms with van der Waals surface area (Å²) >= 11 is 0. The lowest BCUT2D eigenvalue weighted by Gasteiger charge is -2.09. The molecule has 15 heavy (non-hydrogen) atoms. The molecular formula is C8H8F3NO3. The van der Waals surface area contributed by atoms with Crippen molar-refractivity contribution < 1.29 is 17.6 Å². The van der Waals surface area contributed by atoms with E-state index < -0.39 is 29.3 Å². The molecule has 0 N–H and O–H groups in total. The molecule has 0 unspecified atom stereocenters. The van der Waals surface area contributed by atoms with Crippen molar-refractivity contribution in [1.82, 2.24) is 4.57 Å². The van der Waals surface area contributed by atoms with Crippen LogP contribution in [0, 0.1) is 0 Å². The van der Waals surface area contributed by atoms with Crippen LogP contribution in [0.3, 0.4) is 0 Å². The third-order valence-electron chi connectivity index (χ3n) is 1.68. The third kappa shape index (κ3) is 2.28. The van der Waals surface area contributed by atoms with Gasteiger partial charge in [-0.3, -0.25) is 4.79 Å². The van der Waals surface area contributed by atoms with E-state index in [1.54, 1.807) is 0 Å². The van der Waals surface area contributed by atoms with Gasteiger partial charge in [-0.25, -0.2) is 9.36 Å². The van der Waals surface area contributed by atoms with Gasteiger partial charge in [-0.2, -0.15) is 13.2 Å². The fourth-order valence-corrected chi connectivity index (χ4v) is 1.05. The molecule has 0 aliphatic rings. The zero-order valence-corrected chi connectivity index (χ0v) is 7.96. The van der Waals surface area contributed by atoms with Crippen LogP contribution in [0.25, 0.3) is 0 Å². The Bertz CT molecular complexity index is 438. The van der Waals surface area contributed by atoms with Crippen LogP contribution < -0.4 is 11.3 Å². The normalized spacial score (nSPS) is 12.1. The summed E-state index contributed by atoms with van der Waals surface area (Å²) in [5.74, 6) is -2.88. The summed E-state index contributed by atoms with van der Waals surface area (Å²) in [6, 6.07) is -0.280. The molecule has 0 aliphatic heterocycles. The van der Waals surface area contributed by atoms with Gasteiger partial charge in [0, 0.05) is 6.04 Å². The van der Waals surface area contributed by atoms with Crippen molar-refractivity contribution >= 4 is 0 Å². The second-order valence-electron chi connectivity index (χ2n) is 3.18. The molecule has 0 radical (unpaired) electrons. The second-order valence-corrected chi connectivity index (χ2v) is 3.18. The molecule has 1 rings (SSSR count). The zero-order valence-electron chi connectivity index (χ0n) is 7.96. The van der Waals surface area contributed by atoms with E-state index in [-0.39, 0.29) is 6.07 Å². The monoisotopic (exact) mass is 223 g/mol. The lowest BCUT2D eigenvalue weighted by molar-refractivity contribution is -0.155. The lowest BCUT2D eigenvalue weighted by atomic mass is 10.3. The fourth-order valence-electron chi connectivity index (χ4n) is 1.05. The molecule has 1 aromatic heterocycles. The number of hydrogen-bond acceptors (Lipinski definition) is 3. The highest BCUT2D eigenvalue weighted by Crippen LogP contribution is 2.27. The Morgan fingerprint density at radius 3 is 2.20 bits per heavy atom. The van der Waals surface area contributed by atoms with E-state index in [4.69, 9.17) is 0 Å². The van der Waals surface area contributed by atoms with Gasteiger partial charge in [-0.05, 0) is 13.8 Å². The van der Waals surface area contributed by atoms with E-state index in [0.29, 0.717) is 4.57 Å². The molecular weight excluding hydrogens is 215 g/mol. The van der Waals surface area contributed by atoms with Crippen LogP contribution in [0.5, 0.6) is 0 Å². The molecule has 0 aromatic carbocycles. The average molecular weight is 223 g/mol. The Hall–Kier alpha value is -1.53. The van der Waals surface area contributed by atoms with Crippen molar-refractivity contribution in [3.05, 3.63) is 32.7 Å². The number of alkyl halides is 3. The van der Waals surface area contributed by atoms with Gasteiger partial charge in [0.15, 0.2) is 0 Å². The molecule has 84 valence electrons. The zero-order chi connectivity index (χ0) is 11.8. The Morgan fingerprint density at radius 2 is 1.87 bits per heavy atom. The fraction of sp³-hybridized carbons (Fsp3) is 0.500. The summed E-state index contributed by atoms with van der Waals surface area (Å²) in [5, 5.41) is 0. The molecule has 1 heterocycles. The van der Waals surface area contributed by atoms with Gasteiger partial charge in [-0.1, -0.05) is 0 Å². The van der Waals surface area contributed by atoms with Crippen LogP contribution in [-0.2, 0) is 6.18 Å². The van der Waals surface area contributed by atoms with Gasteiger partial charge in [0.1, 0.15) is 0 Å². The predicted octanol–water partition coefficient (Wildman–Crippen LogP) is 1.40. The Morgan fingerprint density at radius 1 is 1.33 bits per heavy atom. The van der Waals surface area contributed by atoms with Crippen LogP contribution in [-0.4, -0.2) is 4.57 Å². The topological polar surface area (TPSA) is 52.2 Å². The van der Waals surface area contributed by atoms with Gasteiger partial charge in [0.05, 0.1) is 6.07 Å². The molecule has 0 amide bonds. The third-order valence-corrected chi connectivity index (χ3v) is 1.68. The summed E-state index contributed by atoms with van der Waals surface area (Å²) in [4.78, 5) is 22.2. The van der Waals surface area contributed by atoms with Gasteiger partial charge in [0.25, 0.3) is 5.56 Å². The summed E-state index contributed by atoms with van der Waals surface area (Å²) in [7, 11) is 0. The first-order chi connectivity index (χ1) is 6.73. The first kappa shape index (κ1) is 11.5. The van der Waals surface area contributed by atoms with Crippen molar-refractivity contribution in [2.45, 2.75) is 26.1 Å². The maximum absolute atomic E-state index is 12.1. The molecule has 0 spiro atoms. The first-order valence-electron chi connectivity index (χ1n) is 4.07. The molecule has 0 aliphatic carbocycles. The van der Waals surface area contributed by atoms with Crippen molar-refractivity contribution in [3.63, 3.8) is 0 Å². The maximum atomic E-state index is 12.1. The highest BCUT2D eigenvalue weighted by atomic mass is 19.4. The molecule has 0 saturated carbocycles. The summed E-state index contributed by atoms with van der Waals surface area (Å²) in [6.07, 6.45) is -4.83. The van der Waals surface area contributed by atoms with Gasteiger partial charge < -0.3 is 4.42 Å². The minimum atomic E-state index is -4.83. The van der Waals surface area contributed by atoms with E-state index in [2.05, 4.69) is 4.42 Å². The van der Waals surface area contributed by atoms with Crippen LogP contribution in [0.4, 0.5) is 13.2 Å². The van der Waals surface area contributed by atoms with Crippen molar-refractivity contribution in [1.29, 1.82) is 0 Å². The number of rotatable bonds is 1. The van der Waals surface area contributed by atoms with Crippen molar-refractivity contribution in [2.75, 3.05) is 0 Å². The molecule has 7 heteroatoms. The largest absolute Gasteiger partial charge is 0.449 e. The SMILES string of the molecule is CC(C)n1c(=O)cc(C(F)(F)F)oc1=O. The number of nitrogens with zero attached hydrogens (tertiary/aromatic N) is 1. The molecule has 0 saturated heterocycles. The van der Waals surface area contributed by atoms with Crippen molar-refractivity contribution in [2.24, 2.45) is 0 Å². The summed E-state index contributed by atoms with van der Waals surface area (Å²) in [6.45, 7) is 2.98. The Kier molecular flexibility index (Phi) is 2.74. The van der Waals surface area contributed by atoms with Crippen molar-refractivity contribution in [3.8, 4) is 0 Å². The predicted molar refractivity (Wildman–Crippen MR) is 44.6 cm³/mol. The van der Waals surface area contributed by atoms with E-state index in [1.807, 2.05) is 0 Å². The highest BCUT2D eigenvalue weighted by molar-refractivity contribution is 4.99. The van der Waals surface area contributed by atoms with E-state index in [0.717, 1.165) is 0 Å². The van der Waals surface area contributed by atoms with Gasteiger partial charge in [0.2, 0.25) is 5.76 Å². The highest BCUT2D eigenvalue weighted by Gasteiger charge is 2.35. The first-order valence-corrected chi connectivity index (χ1v) is 4.07. The van der Waals surface area contributed by atoms with Gasteiger partial charge >= 0.3 is 11.9 Å². The molecule has 1 aromatic rings. The van der Waals surface area contributed by atoms with E-state index in [9.17, 15) is 22.8 Å². The molecule has 4 nitrogen and oxygen atoms in total. The lowest BCUT2D eigenvalue weighted by Crippen LogP contribution is -2.35. The van der Waals surface area contributed by atoms with Crippen LogP contribution in [0.15, 0.2) is 20.1 Å². The Balaban J connectivity index is 3.47. The molecule has 0 fully saturated rings. The second kappa shape index (κ2) is 3.56. The Labute approximate surface area is 81.9 Å². The summed E-state index contributed by atoms with van der Waals surface area (Å²) < 4.78 is 40.9.